The van der Waals surface area contributed by atoms with Gasteiger partial charge in [0, 0.05) is 18.2 Å². The van der Waals surface area contributed by atoms with E-state index in [0.717, 1.165) is 5.69 Å². The summed E-state index contributed by atoms with van der Waals surface area (Å²) < 4.78 is 5.60. The number of nitrogens with two attached hydrogens (primary N) is 1. The van der Waals surface area contributed by atoms with Crippen molar-refractivity contribution >= 4 is 23.2 Å². The van der Waals surface area contributed by atoms with E-state index in [9.17, 15) is 9.59 Å². The third kappa shape index (κ3) is 3.40. The largest absolute Gasteiger partial charge is 0.489 e. The lowest BCUT2D eigenvalue weighted by atomic mass is 10.1. The summed E-state index contributed by atoms with van der Waals surface area (Å²) in [6, 6.07) is 4.86. The van der Waals surface area contributed by atoms with Gasteiger partial charge in [0.1, 0.15) is 11.8 Å². The van der Waals surface area contributed by atoms with Crippen LogP contribution in [0.3, 0.4) is 0 Å². The second kappa shape index (κ2) is 5.81. The number of amides is 2. The third-order valence-electron chi connectivity index (χ3n) is 2.96. The molecule has 4 N–H and O–H groups in total. The number of nitrogens with one attached hydrogen (secondary N) is 2. The standard InChI is InChI=1S/C14H19N3O3/c1-8(2)20-12-7-9(3-4-10(12)15)16-11-5-6-13(18)17-14(11)19/h3-4,7-8,11,16H,5-6,15H2,1-2H3,(H,17,18,19). The van der Waals surface area contributed by atoms with Crippen LogP contribution in [0.25, 0.3) is 0 Å². The maximum absolute atomic E-state index is 11.7. The highest BCUT2D eigenvalue weighted by Gasteiger charge is 2.26. The summed E-state index contributed by atoms with van der Waals surface area (Å²) in [6.45, 7) is 3.83. The van der Waals surface area contributed by atoms with E-state index in [2.05, 4.69) is 10.6 Å². The van der Waals surface area contributed by atoms with Crippen LogP contribution in [-0.4, -0.2) is 24.0 Å². The SMILES string of the molecule is CC(C)Oc1cc(NC2CCC(=O)NC2=O)ccc1N. The molecular weight excluding hydrogens is 258 g/mol. The van der Waals surface area contributed by atoms with Crippen molar-refractivity contribution in [3.05, 3.63) is 18.2 Å². The molecule has 1 aromatic rings. The lowest BCUT2D eigenvalue weighted by Crippen LogP contribution is -2.47. The molecule has 1 aromatic carbocycles. The van der Waals surface area contributed by atoms with E-state index in [1.165, 1.54) is 0 Å². The summed E-state index contributed by atoms with van der Waals surface area (Å²) in [5.74, 6) is 0.0517. The number of benzene rings is 1. The summed E-state index contributed by atoms with van der Waals surface area (Å²) in [4.78, 5) is 22.8. The normalized spacial score (nSPS) is 18.9. The summed E-state index contributed by atoms with van der Waals surface area (Å²) in [5, 5.41) is 5.40. The topological polar surface area (TPSA) is 93.5 Å². The Balaban J connectivity index is 2.09. The van der Waals surface area contributed by atoms with Gasteiger partial charge in [-0.15, -0.1) is 0 Å². The maximum atomic E-state index is 11.7. The van der Waals surface area contributed by atoms with E-state index < -0.39 is 6.04 Å². The molecule has 2 amide bonds. The van der Waals surface area contributed by atoms with Gasteiger partial charge in [0.2, 0.25) is 11.8 Å². The first-order valence-electron chi connectivity index (χ1n) is 6.62. The lowest BCUT2D eigenvalue weighted by molar-refractivity contribution is -0.133. The molecule has 0 bridgehead atoms. The van der Waals surface area contributed by atoms with Gasteiger partial charge in [-0.25, -0.2) is 0 Å². The summed E-state index contributed by atoms with van der Waals surface area (Å²) >= 11 is 0. The van der Waals surface area contributed by atoms with E-state index in [-0.39, 0.29) is 17.9 Å². The Labute approximate surface area is 117 Å². The zero-order chi connectivity index (χ0) is 14.7. The minimum absolute atomic E-state index is 0.0168. The molecule has 1 aliphatic heterocycles. The highest BCUT2D eigenvalue weighted by Crippen LogP contribution is 2.27. The van der Waals surface area contributed by atoms with Crippen LogP contribution >= 0.6 is 0 Å². The van der Waals surface area contributed by atoms with Gasteiger partial charge in [-0.1, -0.05) is 0 Å². The number of hydrogen-bond acceptors (Lipinski definition) is 5. The molecule has 0 spiro atoms. The van der Waals surface area contributed by atoms with Gasteiger partial charge in [-0.2, -0.15) is 0 Å². The molecule has 6 heteroatoms. The average molecular weight is 277 g/mol. The fourth-order valence-corrected chi connectivity index (χ4v) is 2.01. The Morgan fingerprint density at radius 1 is 1.40 bits per heavy atom. The number of ether oxygens (including phenoxy) is 1. The predicted octanol–water partition coefficient (Wildman–Crippen LogP) is 1.27. The Hall–Kier alpha value is -2.24. The van der Waals surface area contributed by atoms with Crippen LogP contribution in [0.5, 0.6) is 5.75 Å². The fraction of sp³-hybridized carbons (Fsp3) is 0.429. The van der Waals surface area contributed by atoms with Crippen molar-refractivity contribution in [3.63, 3.8) is 0 Å². The van der Waals surface area contributed by atoms with Crippen LogP contribution in [0.2, 0.25) is 0 Å². The molecule has 1 atom stereocenters. The van der Waals surface area contributed by atoms with Crippen molar-refractivity contribution in [1.82, 2.24) is 5.32 Å². The number of rotatable bonds is 4. The van der Waals surface area contributed by atoms with Crippen LogP contribution in [0, 0.1) is 0 Å². The monoisotopic (exact) mass is 277 g/mol. The van der Waals surface area contributed by atoms with Crippen LogP contribution in [0.15, 0.2) is 18.2 Å². The first kappa shape index (κ1) is 14.2. The van der Waals surface area contributed by atoms with Crippen molar-refractivity contribution in [3.8, 4) is 5.75 Å². The van der Waals surface area contributed by atoms with Crippen molar-refractivity contribution in [2.75, 3.05) is 11.1 Å². The molecule has 1 saturated heterocycles. The Morgan fingerprint density at radius 3 is 2.80 bits per heavy atom. The number of hydrogen-bond donors (Lipinski definition) is 3. The molecule has 0 aliphatic carbocycles. The van der Waals surface area contributed by atoms with E-state index in [1.807, 2.05) is 13.8 Å². The second-order valence-corrected chi connectivity index (χ2v) is 5.07. The fourth-order valence-electron chi connectivity index (χ4n) is 2.01. The molecule has 1 aliphatic rings. The minimum atomic E-state index is -0.414. The molecule has 2 rings (SSSR count). The molecule has 20 heavy (non-hydrogen) atoms. The molecule has 1 fully saturated rings. The number of carbonyl (C=O) groups is 2. The smallest absolute Gasteiger partial charge is 0.249 e. The Morgan fingerprint density at radius 2 is 2.15 bits per heavy atom. The lowest BCUT2D eigenvalue weighted by Gasteiger charge is -2.23. The van der Waals surface area contributed by atoms with Crippen LogP contribution in [-0.2, 0) is 9.59 Å². The maximum Gasteiger partial charge on any atom is 0.249 e. The van der Waals surface area contributed by atoms with E-state index in [4.69, 9.17) is 10.5 Å². The van der Waals surface area contributed by atoms with Gasteiger partial charge in [0.05, 0.1) is 11.8 Å². The zero-order valence-corrected chi connectivity index (χ0v) is 11.6. The first-order valence-corrected chi connectivity index (χ1v) is 6.62. The Kier molecular flexibility index (Phi) is 4.12. The molecule has 0 aromatic heterocycles. The third-order valence-corrected chi connectivity index (χ3v) is 2.96. The zero-order valence-electron chi connectivity index (χ0n) is 11.6. The molecular formula is C14H19N3O3. The summed E-state index contributed by atoms with van der Waals surface area (Å²) in [5.41, 5.74) is 7.13. The van der Waals surface area contributed by atoms with Crippen LogP contribution in [0.1, 0.15) is 26.7 Å². The highest BCUT2D eigenvalue weighted by atomic mass is 16.5. The summed E-state index contributed by atoms with van der Waals surface area (Å²) in [7, 11) is 0. The molecule has 1 unspecified atom stereocenters. The Bertz CT molecular complexity index is 528. The molecule has 1 heterocycles. The van der Waals surface area contributed by atoms with Crippen molar-refractivity contribution in [1.29, 1.82) is 0 Å². The molecule has 6 nitrogen and oxygen atoms in total. The van der Waals surface area contributed by atoms with Gasteiger partial charge in [-0.05, 0) is 32.4 Å². The second-order valence-electron chi connectivity index (χ2n) is 5.07. The van der Waals surface area contributed by atoms with Gasteiger partial charge < -0.3 is 15.8 Å². The van der Waals surface area contributed by atoms with Crippen molar-refractivity contribution < 1.29 is 14.3 Å². The number of imide groups is 1. The van der Waals surface area contributed by atoms with E-state index in [1.54, 1.807) is 18.2 Å². The number of piperidine rings is 1. The number of carbonyl (C=O) groups excluding carboxylic acids is 2. The van der Waals surface area contributed by atoms with Gasteiger partial charge in [0.25, 0.3) is 0 Å². The van der Waals surface area contributed by atoms with Crippen molar-refractivity contribution in [2.45, 2.75) is 38.8 Å². The van der Waals surface area contributed by atoms with Gasteiger partial charge in [0.15, 0.2) is 0 Å². The van der Waals surface area contributed by atoms with Crippen LogP contribution < -0.4 is 21.1 Å². The first-order chi connectivity index (χ1) is 9.45. The van der Waals surface area contributed by atoms with Crippen molar-refractivity contribution in [2.24, 2.45) is 0 Å². The summed E-state index contributed by atoms with van der Waals surface area (Å²) in [6.07, 6.45) is 0.839. The van der Waals surface area contributed by atoms with Gasteiger partial charge >= 0.3 is 0 Å². The quantitative estimate of drug-likeness (QED) is 0.569. The predicted molar refractivity (Wildman–Crippen MR) is 76.4 cm³/mol. The molecule has 0 radical (unpaired) electrons. The molecule has 108 valence electrons. The minimum Gasteiger partial charge on any atom is -0.489 e. The number of nitrogen functional groups attached to an aromatic ring is 1. The van der Waals surface area contributed by atoms with Gasteiger partial charge in [-0.3, -0.25) is 14.9 Å². The van der Waals surface area contributed by atoms with Crippen LogP contribution in [0.4, 0.5) is 11.4 Å². The number of anilines is 2. The highest BCUT2D eigenvalue weighted by molar-refractivity contribution is 6.01. The molecule has 0 saturated carbocycles. The van der Waals surface area contributed by atoms with E-state index >= 15 is 0 Å². The van der Waals surface area contributed by atoms with E-state index in [0.29, 0.717) is 24.3 Å². The average Bonchev–Trinajstić information content (AvgIpc) is 2.36.